The van der Waals surface area contributed by atoms with E-state index in [1.165, 1.54) is 6.92 Å². The van der Waals surface area contributed by atoms with Crippen LogP contribution in [0.2, 0.25) is 0 Å². The maximum atomic E-state index is 10.7. The number of hydrogen-bond donors (Lipinski definition) is 2. The minimum Gasteiger partial charge on any atom is -0.481 e. The number of hydrogen-bond acceptors (Lipinski definition) is 2. The molecule has 0 rings (SSSR count). The van der Waals surface area contributed by atoms with E-state index in [9.17, 15) is 9.59 Å². The summed E-state index contributed by atoms with van der Waals surface area (Å²) in [4.78, 5) is 21.3. The van der Waals surface area contributed by atoms with Gasteiger partial charge < -0.3 is 10.2 Å². The van der Waals surface area contributed by atoms with Crippen LogP contribution in [0, 0.1) is 17.8 Å². The summed E-state index contributed by atoms with van der Waals surface area (Å²) in [7, 11) is 0. The van der Waals surface area contributed by atoms with Gasteiger partial charge in [-0.25, -0.2) is 0 Å². The Kier molecular flexibility index (Phi) is 4.45. The number of carboxylic acid groups (broad SMARTS) is 2. The molecule has 0 radical (unpaired) electrons. The Hall–Kier alpha value is -1.06. The summed E-state index contributed by atoms with van der Waals surface area (Å²) in [5.41, 5.74) is 0. The molecular formula is C9H16O4. The number of carbonyl (C=O) groups is 2. The minimum absolute atomic E-state index is 0.197. The first-order valence-electron chi connectivity index (χ1n) is 4.31. The van der Waals surface area contributed by atoms with Crippen LogP contribution in [0.25, 0.3) is 0 Å². The standard InChI is InChI=1S/C9H16O4/c1-5(2)4-7(9(12)13)6(3)8(10)11/h5-7H,4H2,1-3H3,(H,10,11)(H,12,13). The monoisotopic (exact) mass is 188 g/mol. The quantitative estimate of drug-likeness (QED) is 0.684. The molecule has 0 aromatic carbocycles. The highest BCUT2D eigenvalue weighted by Crippen LogP contribution is 2.20. The van der Waals surface area contributed by atoms with Crippen LogP contribution in [0.1, 0.15) is 27.2 Å². The summed E-state index contributed by atoms with van der Waals surface area (Å²) in [6, 6.07) is 0. The number of rotatable bonds is 5. The van der Waals surface area contributed by atoms with E-state index in [0.29, 0.717) is 6.42 Å². The molecule has 0 aromatic heterocycles. The molecule has 0 amide bonds. The summed E-state index contributed by atoms with van der Waals surface area (Å²) in [5.74, 6) is -3.48. The van der Waals surface area contributed by atoms with Crippen molar-refractivity contribution in [2.45, 2.75) is 27.2 Å². The largest absolute Gasteiger partial charge is 0.481 e. The van der Waals surface area contributed by atoms with Gasteiger partial charge in [0.15, 0.2) is 0 Å². The topological polar surface area (TPSA) is 74.6 Å². The van der Waals surface area contributed by atoms with Crippen molar-refractivity contribution in [2.75, 3.05) is 0 Å². The van der Waals surface area contributed by atoms with Gasteiger partial charge in [-0.05, 0) is 12.3 Å². The molecule has 0 spiro atoms. The molecule has 2 unspecified atom stereocenters. The molecule has 0 heterocycles. The highest BCUT2D eigenvalue weighted by Gasteiger charge is 2.30. The lowest BCUT2D eigenvalue weighted by Gasteiger charge is -2.18. The summed E-state index contributed by atoms with van der Waals surface area (Å²) >= 11 is 0. The zero-order valence-electron chi connectivity index (χ0n) is 8.15. The maximum absolute atomic E-state index is 10.7. The predicted molar refractivity (Wildman–Crippen MR) is 47.4 cm³/mol. The van der Waals surface area contributed by atoms with E-state index in [-0.39, 0.29) is 5.92 Å². The SMILES string of the molecule is CC(C)CC(C(=O)O)C(C)C(=O)O. The molecule has 0 aromatic rings. The fourth-order valence-corrected chi connectivity index (χ4v) is 1.20. The third kappa shape index (κ3) is 3.92. The van der Waals surface area contributed by atoms with Crippen LogP contribution in [-0.4, -0.2) is 22.2 Å². The zero-order chi connectivity index (χ0) is 10.6. The Labute approximate surface area is 77.6 Å². The fourth-order valence-electron chi connectivity index (χ4n) is 1.20. The van der Waals surface area contributed by atoms with Crippen molar-refractivity contribution in [3.8, 4) is 0 Å². The van der Waals surface area contributed by atoms with Crippen LogP contribution in [0.4, 0.5) is 0 Å². The minimum atomic E-state index is -1.05. The molecule has 2 N–H and O–H groups in total. The third-order valence-corrected chi connectivity index (χ3v) is 2.04. The van der Waals surface area contributed by atoms with Crippen LogP contribution in [0.3, 0.4) is 0 Å². The maximum Gasteiger partial charge on any atom is 0.307 e. The Morgan fingerprint density at radius 1 is 1.08 bits per heavy atom. The summed E-state index contributed by atoms with van der Waals surface area (Å²) < 4.78 is 0. The number of carboxylic acids is 2. The molecular weight excluding hydrogens is 172 g/mol. The molecule has 0 aliphatic rings. The lowest BCUT2D eigenvalue weighted by atomic mass is 9.87. The first kappa shape index (κ1) is 11.9. The van der Waals surface area contributed by atoms with Gasteiger partial charge in [-0.1, -0.05) is 20.8 Å². The summed E-state index contributed by atoms with van der Waals surface area (Å²) in [6.07, 6.45) is 0.406. The van der Waals surface area contributed by atoms with E-state index in [1.54, 1.807) is 0 Å². The van der Waals surface area contributed by atoms with Crippen molar-refractivity contribution in [1.82, 2.24) is 0 Å². The molecule has 4 nitrogen and oxygen atoms in total. The van der Waals surface area contributed by atoms with Gasteiger partial charge in [-0.15, -0.1) is 0 Å². The van der Waals surface area contributed by atoms with Gasteiger partial charge in [0.05, 0.1) is 11.8 Å². The lowest BCUT2D eigenvalue weighted by molar-refractivity contribution is -0.153. The van der Waals surface area contributed by atoms with Gasteiger partial charge in [-0.2, -0.15) is 0 Å². The zero-order valence-corrected chi connectivity index (χ0v) is 8.15. The molecule has 0 aliphatic heterocycles. The Balaban J connectivity index is 4.42. The molecule has 13 heavy (non-hydrogen) atoms. The molecule has 0 saturated heterocycles. The van der Waals surface area contributed by atoms with Crippen molar-refractivity contribution >= 4 is 11.9 Å². The summed E-state index contributed by atoms with van der Waals surface area (Å²) in [6.45, 7) is 5.19. The van der Waals surface area contributed by atoms with Crippen molar-refractivity contribution in [3.63, 3.8) is 0 Å². The van der Waals surface area contributed by atoms with E-state index in [2.05, 4.69) is 0 Å². The second kappa shape index (κ2) is 4.84. The Morgan fingerprint density at radius 3 is 1.77 bits per heavy atom. The third-order valence-electron chi connectivity index (χ3n) is 2.04. The molecule has 76 valence electrons. The average Bonchev–Trinajstić information content (AvgIpc) is 1.97. The van der Waals surface area contributed by atoms with Crippen LogP contribution < -0.4 is 0 Å². The van der Waals surface area contributed by atoms with Crippen LogP contribution in [0.5, 0.6) is 0 Å². The summed E-state index contributed by atoms with van der Waals surface area (Å²) in [5, 5.41) is 17.4. The van der Waals surface area contributed by atoms with Crippen LogP contribution in [-0.2, 0) is 9.59 Å². The molecule has 0 bridgehead atoms. The predicted octanol–water partition coefficient (Wildman–Crippen LogP) is 1.45. The van der Waals surface area contributed by atoms with E-state index in [0.717, 1.165) is 0 Å². The highest BCUT2D eigenvalue weighted by atomic mass is 16.4. The van der Waals surface area contributed by atoms with Gasteiger partial charge in [0.25, 0.3) is 0 Å². The van der Waals surface area contributed by atoms with E-state index < -0.39 is 23.8 Å². The van der Waals surface area contributed by atoms with Crippen molar-refractivity contribution in [2.24, 2.45) is 17.8 Å². The van der Waals surface area contributed by atoms with Gasteiger partial charge in [0.2, 0.25) is 0 Å². The molecule has 2 atom stereocenters. The van der Waals surface area contributed by atoms with Crippen LogP contribution >= 0.6 is 0 Å². The van der Waals surface area contributed by atoms with Gasteiger partial charge in [-0.3, -0.25) is 9.59 Å². The van der Waals surface area contributed by atoms with Gasteiger partial charge in [0.1, 0.15) is 0 Å². The number of aliphatic carboxylic acids is 2. The first-order chi connectivity index (χ1) is 5.86. The van der Waals surface area contributed by atoms with E-state index >= 15 is 0 Å². The second-order valence-electron chi connectivity index (χ2n) is 3.70. The smallest absolute Gasteiger partial charge is 0.307 e. The molecule has 0 saturated carbocycles. The molecule has 0 aliphatic carbocycles. The van der Waals surface area contributed by atoms with Crippen LogP contribution in [0.15, 0.2) is 0 Å². The highest BCUT2D eigenvalue weighted by molar-refractivity contribution is 5.79. The van der Waals surface area contributed by atoms with Gasteiger partial charge in [0, 0.05) is 0 Å². The normalized spacial score (nSPS) is 15.4. The molecule has 4 heteroatoms. The average molecular weight is 188 g/mol. The Bertz CT molecular complexity index is 198. The lowest BCUT2D eigenvalue weighted by Crippen LogP contribution is -2.28. The second-order valence-corrected chi connectivity index (χ2v) is 3.70. The van der Waals surface area contributed by atoms with Crippen molar-refractivity contribution in [1.29, 1.82) is 0 Å². The van der Waals surface area contributed by atoms with Gasteiger partial charge >= 0.3 is 11.9 Å². The Morgan fingerprint density at radius 2 is 1.54 bits per heavy atom. The fraction of sp³-hybridized carbons (Fsp3) is 0.778. The van der Waals surface area contributed by atoms with Crippen molar-refractivity contribution < 1.29 is 19.8 Å². The molecule has 0 fully saturated rings. The van der Waals surface area contributed by atoms with Crippen molar-refractivity contribution in [3.05, 3.63) is 0 Å². The first-order valence-corrected chi connectivity index (χ1v) is 4.31. The van der Waals surface area contributed by atoms with E-state index in [1.807, 2.05) is 13.8 Å². The van der Waals surface area contributed by atoms with E-state index in [4.69, 9.17) is 10.2 Å².